The SMILES string of the molecule is CO[C@H]1CN(C(=O)c2ccc(F)c(C)c2)C[C@H]1CC(N)=O. The van der Waals surface area contributed by atoms with Crippen LogP contribution in [0.4, 0.5) is 4.39 Å². The van der Waals surface area contributed by atoms with Crippen LogP contribution in [0.5, 0.6) is 0 Å². The van der Waals surface area contributed by atoms with Gasteiger partial charge in [-0.15, -0.1) is 0 Å². The van der Waals surface area contributed by atoms with E-state index in [0.717, 1.165) is 0 Å². The van der Waals surface area contributed by atoms with E-state index in [2.05, 4.69) is 0 Å². The van der Waals surface area contributed by atoms with Crippen molar-refractivity contribution < 1.29 is 18.7 Å². The number of primary amides is 1. The molecule has 1 aliphatic rings. The van der Waals surface area contributed by atoms with Gasteiger partial charge in [-0.25, -0.2) is 4.39 Å². The van der Waals surface area contributed by atoms with Gasteiger partial charge in [-0.1, -0.05) is 0 Å². The zero-order chi connectivity index (χ0) is 15.6. The van der Waals surface area contributed by atoms with Crippen LogP contribution in [0, 0.1) is 18.7 Å². The lowest BCUT2D eigenvalue weighted by molar-refractivity contribution is -0.119. The molecule has 6 heteroatoms. The highest BCUT2D eigenvalue weighted by atomic mass is 19.1. The Hall–Kier alpha value is -1.95. The summed E-state index contributed by atoms with van der Waals surface area (Å²) in [5.41, 5.74) is 6.08. The maximum atomic E-state index is 13.3. The van der Waals surface area contributed by atoms with E-state index in [1.807, 2.05) is 0 Å². The van der Waals surface area contributed by atoms with E-state index >= 15 is 0 Å². The second kappa shape index (κ2) is 6.22. The summed E-state index contributed by atoms with van der Waals surface area (Å²) in [5, 5.41) is 0. The lowest BCUT2D eigenvalue weighted by Gasteiger charge is -2.16. The predicted molar refractivity (Wildman–Crippen MR) is 75.1 cm³/mol. The standard InChI is InChI=1S/C15H19FN2O3/c1-9-5-10(3-4-12(9)16)15(20)18-7-11(6-14(17)19)13(8-18)21-2/h3-5,11,13H,6-8H2,1-2H3,(H2,17,19)/t11-,13+/m1/s1. The van der Waals surface area contributed by atoms with Gasteiger partial charge in [0.1, 0.15) is 5.82 Å². The average Bonchev–Trinajstić information content (AvgIpc) is 2.83. The number of nitrogens with zero attached hydrogens (tertiary/aromatic N) is 1. The first-order chi connectivity index (χ1) is 9.92. The first-order valence-corrected chi connectivity index (χ1v) is 6.79. The topological polar surface area (TPSA) is 72.6 Å². The number of ether oxygens (including phenoxy) is 1. The van der Waals surface area contributed by atoms with Crippen LogP contribution in [0.15, 0.2) is 18.2 Å². The fourth-order valence-electron chi connectivity index (χ4n) is 2.69. The van der Waals surface area contributed by atoms with Crippen LogP contribution in [0.25, 0.3) is 0 Å². The molecule has 1 aromatic carbocycles. The van der Waals surface area contributed by atoms with Crippen molar-refractivity contribution in [2.75, 3.05) is 20.2 Å². The van der Waals surface area contributed by atoms with Crippen molar-refractivity contribution in [3.63, 3.8) is 0 Å². The molecule has 0 saturated carbocycles. The van der Waals surface area contributed by atoms with Crippen LogP contribution in [0.2, 0.25) is 0 Å². The summed E-state index contributed by atoms with van der Waals surface area (Å²) in [7, 11) is 1.55. The zero-order valence-electron chi connectivity index (χ0n) is 12.1. The van der Waals surface area contributed by atoms with Crippen molar-refractivity contribution in [3.8, 4) is 0 Å². The third kappa shape index (κ3) is 3.39. The van der Waals surface area contributed by atoms with E-state index in [4.69, 9.17) is 10.5 Å². The van der Waals surface area contributed by atoms with Gasteiger partial charge in [-0.3, -0.25) is 9.59 Å². The summed E-state index contributed by atoms with van der Waals surface area (Å²) < 4.78 is 18.6. The lowest BCUT2D eigenvalue weighted by atomic mass is 10.0. The van der Waals surface area contributed by atoms with Gasteiger partial charge >= 0.3 is 0 Å². The summed E-state index contributed by atoms with van der Waals surface area (Å²) in [6, 6.07) is 4.28. The highest BCUT2D eigenvalue weighted by molar-refractivity contribution is 5.94. The molecule has 1 aromatic rings. The van der Waals surface area contributed by atoms with Crippen LogP contribution in [0.1, 0.15) is 22.3 Å². The second-order valence-electron chi connectivity index (χ2n) is 5.38. The first kappa shape index (κ1) is 15.4. The van der Waals surface area contributed by atoms with Gasteiger partial charge in [-0.2, -0.15) is 0 Å². The van der Waals surface area contributed by atoms with Crippen LogP contribution in [-0.2, 0) is 9.53 Å². The van der Waals surface area contributed by atoms with Crippen molar-refractivity contribution in [1.29, 1.82) is 0 Å². The number of rotatable bonds is 4. The summed E-state index contributed by atoms with van der Waals surface area (Å²) >= 11 is 0. The van der Waals surface area contributed by atoms with E-state index in [0.29, 0.717) is 24.2 Å². The Morgan fingerprint density at radius 1 is 1.43 bits per heavy atom. The third-order valence-corrected chi connectivity index (χ3v) is 3.84. The molecule has 0 aromatic heterocycles. The predicted octanol–water partition coefficient (Wildman–Crippen LogP) is 1.10. The Labute approximate surface area is 122 Å². The Morgan fingerprint density at radius 2 is 2.14 bits per heavy atom. The molecular weight excluding hydrogens is 275 g/mol. The van der Waals surface area contributed by atoms with Crippen LogP contribution >= 0.6 is 0 Å². The number of benzene rings is 1. The lowest BCUT2D eigenvalue weighted by Crippen LogP contribution is -2.30. The molecule has 2 rings (SSSR count). The Morgan fingerprint density at radius 3 is 2.71 bits per heavy atom. The molecule has 114 valence electrons. The maximum absolute atomic E-state index is 13.3. The average molecular weight is 294 g/mol. The van der Waals surface area contributed by atoms with Crippen LogP contribution in [-0.4, -0.2) is 43.0 Å². The molecule has 0 spiro atoms. The van der Waals surface area contributed by atoms with Crippen molar-refractivity contribution in [1.82, 2.24) is 4.90 Å². The Balaban J connectivity index is 2.13. The number of hydrogen-bond acceptors (Lipinski definition) is 3. The quantitative estimate of drug-likeness (QED) is 0.903. The Kier molecular flexibility index (Phi) is 4.57. The van der Waals surface area contributed by atoms with Crippen LogP contribution < -0.4 is 5.73 Å². The molecular formula is C15H19FN2O3. The van der Waals surface area contributed by atoms with Gasteiger partial charge in [0.15, 0.2) is 0 Å². The first-order valence-electron chi connectivity index (χ1n) is 6.79. The van der Waals surface area contributed by atoms with Gasteiger partial charge < -0.3 is 15.4 Å². The van der Waals surface area contributed by atoms with Crippen molar-refractivity contribution in [3.05, 3.63) is 35.1 Å². The Bertz CT molecular complexity index is 562. The highest BCUT2D eigenvalue weighted by Crippen LogP contribution is 2.24. The molecule has 2 amide bonds. The fourth-order valence-corrected chi connectivity index (χ4v) is 2.69. The van der Waals surface area contributed by atoms with E-state index < -0.39 is 5.91 Å². The molecule has 0 aliphatic carbocycles. The molecule has 1 aliphatic heterocycles. The summed E-state index contributed by atoms with van der Waals surface area (Å²) in [6.07, 6.45) is -0.0203. The largest absolute Gasteiger partial charge is 0.379 e. The van der Waals surface area contributed by atoms with Gasteiger partial charge in [0.2, 0.25) is 5.91 Å². The number of carbonyl (C=O) groups is 2. The number of likely N-dealkylation sites (tertiary alicyclic amines) is 1. The van der Waals surface area contributed by atoms with Crippen molar-refractivity contribution in [2.24, 2.45) is 11.7 Å². The summed E-state index contributed by atoms with van der Waals surface area (Å²) in [5.74, 6) is -1.03. The number of amides is 2. The fraction of sp³-hybridized carbons (Fsp3) is 0.467. The zero-order valence-corrected chi connectivity index (χ0v) is 12.1. The van der Waals surface area contributed by atoms with Gasteiger partial charge in [0.05, 0.1) is 6.10 Å². The van der Waals surface area contributed by atoms with Gasteiger partial charge in [0.25, 0.3) is 5.91 Å². The molecule has 0 radical (unpaired) electrons. The van der Waals surface area contributed by atoms with E-state index in [1.165, 1.54) is 18.2 Å². The molecule has 1 saturated heterocycles. The third-order valence-electron chi connectivity index (χ3n) is 3.84. The number of halogens is 1. The maximum Gasteiger partial charge on any atom is 0.253 e. The number of nitrogens with two attached hydrogens (primary N) is 1. The number of methoxy groups -OCH3 is 1. The molecule has 0 bridgehead atoms. The van der Waals surface area contributed by atoms with Gasteiger partial charge in [0, 0.05) is 38.1 Å². The minimum atomic E-state index is -0.408. The van der Waals surface area contributed by atoms with Gasteiger partial charge in [-0.05, 0) is 30.7 Å². The molecule has 5 nitrogen and oxygen atoms in total. The van der Waals surface area contributed by atoms with Crippen molar-refractivity contribution >= 4 is 11.8 Å². The number of hydrogen-bond donors (Lipinski definition) is 1. The van der Waals surface area contributed by atoms with E-state index in [9.17, 15) is 14.0 Å². The number of carbonyl (C=O) groups excluding carboxylic acids is 2. The monoisotopic (exact) mass is 294 g/mol. The smallest absolute Gasteiger partial charge is 0.253 e. The molecule has 2 N–H and O–H groups in total. The second-order valence-corrected chi connectivity index (χ2v) is 5.38. The minimum absolute atomic E-state index is 0.0991. The minimum Gasteiger partial charge on any atom is -0.379 e. The summed E-state index contributed by atoms with van der Waals surface area (Å²) in [4.78, 5) is 25.1. The summed E-state index contributed by atoms with van der Waals surface area (Å²) in [6.45, 7) is 2.43. The van der Waals surface area contributed by atoms with E-state index in [-0.39, 0.29) is 30.2 Å². The highest BCUT2D eigenvalue weighted by Gasteiger charge is 2.36. The van der Waals surface area contributed by atoms with E-state index in [1.54, 1.807) is 18.9 Å². The molecule has 2 atom stereocenters. The normalized spacial score (nSPS) is 21.6. The van der Waals surface area contributed by atoms with Crippen LogP contribution in [0.3, 0.4) is 0 Å². The number of aryl methyl sites for hydroxylation is 1. The molecule has 1 heterocycles. The molecule has 0 unspecified atom stereocenters. The molecule has 21 heavy (non-hydrogen) atoms. The molecule has 1 fully saturated rings. The van der Waals surface area contributed by atoms with Crippen molar-refractivity contribution in [2.45, 2.75) is 19.4 Å².